The molecule has 0 radical (unpaired) electrons. The Kier molecular flexibility index (Phi) is 3.86. The number of carbonyl (C=O) groups excluding carboxylic acids is 1. The minimum absolute atomic E-state index is 0.0905. The van der Waals surface area contributed by atoms with Crippen LogP contribution in [0.1, 0.15) is 20.8 Å². The molecule has 2 rings (SSSR count). The summed E-state index contributed by atoms with van der Waals surface area (Å²) < 4.78 is 0. The predicted octanol–water partition coefficient (Wildman–Crippen LogP) is 2.27. The Hall–Kier alpha value is -2.60. The summed E-state index contributed by atoms with van der Waals surface area (Å²) in [5, 5.41) is 11.9. The van der Waals surface area contributed by atoms with Crippen molar-refractivity contribution in [2.75, 3.05) is 11.1 Å². The fourth-order valence-corrected chi connectivity index (χ4v) is 1.66. The van der Waals surface area contributed by atoms with Crippen LogP contribution in [0.4, 0.5) is 11.4 Å². The maximum atomic E-state index is 11.9. The van der Waals surface area contributed by atoms with Crippen molar-refractivity contribution in [3.63, 3.8) is 0 Å². The van der Waals surface area contributed by atoms with Crippen molar-refractivity contribution in [3.05, 3.63) is 52.8 Å². The first-order valence-corrected chi connectivity index (χ1v) is 5.91. The molecule has 0 saturated heterocycles. The quantitative estimate of drug-likeness (QED) is 0.752. The van der Waals surface area contributed by atoms with E-state index in [2.05, 4.69) is 10.3 Å². The summed E-state index contributed by atoms with van der Waals surface area (Å²) in [4.78, 5) is 26.9. The Morgan fingerprint density at radius 2 is 2.00 bits per heavy atom. The van der Waals surface area contributed by atoms with Crippen LogP contribution in [-0.4, -0.2) is 22.0 Å². The molecule has 0 aliphatic rings. The zero-order valence-corrected chi connectivity index (χ0v) is 10.9. The van der Waals surface area contributed by atoms with Gasteiger partial charge < -0.3 is 16.2 Å². The molecular formula is C13H10ClN3O3. The van der Waals surface area contributed by atoms with E-state index in [0.29, 0.717) is 10.7 Å². The maximum Gasteiger partial charge on any atom is 0.337 e. The van der Waals surface area contributed by atoms with Gasteiger partial charge in [0.25, 0.3) is 5.91 Å². The lowest BCUT2D eigenvalue weighted by molar-refractivity contribution is 0.0698. The van der Waals surface area contributed by atoms with Crippen molar-refractivity contribution >= 4 is 34.9 Å². The number of carboxylic acids is 1. The van der Waals surface area contributed by atoms with E-state index in [1.54, 1.807) is 0 Å². The van der Waals surface area contributed by atoms with Gasteiger partial charge in [-0.2, -0.15) is 0 Å². The van der Waals surface area contributed by atoms with Crippen molar-refractivity contribution < 1.29 is 14.7 Å². The minimum atomic E-state index is -1.18. The normalized spacial score (nSPS) is 10.1. The molecule has 7 heteroatoms. The summed E-state index contributed by atoms with van der Waals surface area (Å²) in [5.41, 5.74) is 6.00. The molecule has 0 spiro atoms. The van der Waals surface area contributed by atoms with E-state index in [4.69, 9.17) is 22.4 Å². The minimum Gasteiger partial charge on any atom is -0.478 e. The standard InChI is InChI=1S/C13H10ClN3O3/c14-7-1-3-11(16-6-7)12(18)17-10-4-2-8(15)5-9(10)13(19)20/h1-6H,15H2,(H,17,18)(H,19,20). The van der Waals surface area contributed by atoms with Gasteiger partial charge in [-0.25, -0.2) is 9.78 Å². The van der Waals surface area contributed by atoms with Crippen molar-refractivity contribution in [2.24, 2.45) is 0 Å². The molecule has 1 amide bonds. The number of anilines is 2. The summed E-state index contributed by atoms with van der Waals surface area (Å²) in [5.74, 6) is -1.72. The number of nitrogens with one attached hydrogen (secondary N) is 1. The number of pyridine rings is 1. The van der Waals surface area contributed by atoms with Crippen LogP contribution >= 0.6 is 11.6 Å². The molecule has 1 heterocycles. The topological polar surface area (TPSA) is 105 Å². The number of aromatic carboxylic acids is 1. The van der Waals surface area contributed by atoms with E-state index in [1.165, 1.54) is 36.5 Å². The third-order valence-corrected chi connectivity index (χ3v) is 2.71. The Balaban J connectivity index is 2.28. The molecule has 0 aliphatic carbocycles. The second-order valence-corrected chi connectivity index (χ2v) is 4.36. The van der Waals surface area contributed by atoms with Gasteiger partial charge >= 0.3 is 5.97 Å². The van der Waals surface area contributed by atoms with Gasteiger partial charge in [0.15, 0.2) is 0 Å². The molecule has 102 valence electrons. The third-order valence-electron chi connectivity index (χ3n) is 2.48. The molecule has 0 aliphatic heterocycles. The molecule has 1 aromatic heterocycles. The highest BCUT2D eigenvalue weighted by molar-refractivity contribution is 6.30. The van der Waals surface area contributed by atoms with E-state index >= 15 is 0 Å². The first-order valence-electron chi connectivity index (χ1n) is 5.53. The first kappa shape index (κ1) is 13.8. The number of hydrogen-bond donors (Lipinski definition) is 3. The van der Waals surface area contributed by atoms with Crippen LogP contribution in [-0.2, 0) is 0 Å². The van der Waals surface area contributed by atoms with Gasteiger partial charge in [0.2, 0.25) is 0 Å². The lowest BCUT2D eigenvalue weighted by Gasteiger charge is -2.08. The van der Waals surface area contributed by atoms with Crippen LogP contribution < -0.4 is 11.1 Å². The van der Waals surface area contributed by atoms with Gasteiger partial charge in [-0.15, -0.1) is 0 Å². The molecule has 6 nitrogen and oxygen atoms in total. The highest BCUT2D eigenvalue weighted by Crippen LogP contribution is 2.19. The second-order valence-electron chi connectivity index (χ2n) is 3.93. The van der Waals surface area contributed by atoms with Gasteiger partial charge in [0.05, 0.1) is 16.3 Å². The fraction of sp³-hybridized carbons (Fsp3) is 0. The average molecular weight is 292 g/mol. The Morgan fingerprint density at radius 1 is 1.25 bits per heavy atom. The average Bonchev–Trinajstić information content (AvgIpc) is 2.41. The number of hydrogen-bond acceptors (Lipinski definition) is 4. The van der Waals surface area contributed by atoms with Crippen molar-refractivity contribution in [1.82, 2.24) is 4.98 Å². The van der Waals surface area contributed by atoms with Crippen molar-refractivity contribution in [3.8, 4) is 0 Å². The zero-order chi connectivity index (χ0) is 14.7. The van der Waals surface area contributed by atoms with Crippen LogP contribution in [0.5, 0.6) is 0 Å². The summed E-state index contributed by atoms with van der Waals surface area (Å²) >= 11 is 5.67. The SMILES string of the molecule is Nc1ccc(NC(=O)c2ccc(Cl)cn2)c(C(=O)O)c1. The highest BCUT2D eigenvalue weighted by Gasteiger charge is 2.14. The Morgan fingerprint density at radius 3 is 2.60 bits per heavy atom. The number of amides is 1. The van der Waals surface area contributed by atoms with E-state index in [-0.39, 0.29) is 16.9 Å². The summed E-state index contributed by atoms with van der Waals surface area (Å²) in [7, 11) is 0. The van der Waals surface area contributed by atoms with Crippen molar-refractivity contribution in [2.45, 2.75) is 0 Å². The monoisotopic (exact) mass is 291 g/mol. The van der Waals surface area contributed by atoms with Crippen LogP contribution in [0.3, 0.4) is 0 Å². The molecule has 4 N–H and O–H groups in total. The van der Waals surface area contributed by atoms with Gasteiger partial charge in [-0.1, -0.05) is 11.6 Å². The van der Waals surface area contributed by atoms with Gasteiger partial charge in [-0.05, 0) is 30.3 Å². The molecule has 0 bridgehead atoms. The third kappa shape index (κ3) is 3.04. The zero-order valence-electron chi connectivity index (χ0n) is 10.1. The van der Waals surface area contributed by atoms with Gasteiger partial charge in [-0.3, -0.25) is 4.79 Å². The van der Waals surface area contributed by atoms with Crippen LogP contribution in [0, 0.1) is 0 Å². The smallest absolute Gasteiger partial charge is 0.337 e. The van der Waals surface area contributed by atoms with E-state index in [0.717, 1.165) is 0 Å². The second kappa shape index (κ2) is 5.58. The number of aromatic nitrogens is 1. The molecule has 20 heavy (non-hydrogen) atoms. The number of benzene rings is 1. The molecule has 0 saturated carbocycles. The molecule has 2 aromatic rings. The number of rotatable bonds is 3. The molecule has 1 aromatic carbocycles. The highest BCUT2D eigenvalue weighted by atomic mass is 35.5. The molecular weight excluding hydrogens is 282 g/mol. The lowest BCUT2D eigenvalue weighted by atomic mass is 10.1. The number of halogens is 1. The van der Waals surface area contributed by atoms with Gasteiger partial charge in [0, 0.05) is 11.9 Å². The summed E-state index contributed by atoms with van der Waals surface area (Å²) in [6.07, 6.45) is 1.33. The predicted molar refractivity (Wildman–Crippen MR) is 75.0 cm³/mol. The van der Waals surface area contributed by atoms with E-state index in [1.807, 2.05) is 0 Å². The Labute approximate surface area is 119 Å². The summed E-state index contributed by atoms with van der Waals surface area (Å²) in [6, 6.07) is 7.15. The molecule has 0 fully saturated rings. The number of nitrogen functional groups attached to an aromatic ring is 1. The van der Waals surface area contributed by atoms with Gasteiger partial charge in [0.1, 0.15) is 5.69 Å². The number of nitrogens with zero attached hydrogens (tertiary/aromatic N) is 1. The lowest BCUT2D eigenvalue weighted by Crippen LogP contribution is -2.16. The fourth-order valence-electron chi connectivity index (χ4n) is 1.54. The number of nitrogens with two attached hydrogens (primary N) is 1. The van der Waals surface area contributed by atoms with Crippen LogP contribution in [0.15, 0.2) is 36.5 Å². The Bertz CT molecular complexity index is 671. The van der Waals surface area contributed by atoms with E-state index < -0.39 is 11.9 Å². The molecule has 0 atom stereocenters. The largest absolute Gasteiger partial charge is 0.478 e. The van der Waals surface area contributed by atoms with Crippen LogP contribution in [0.2, 0.25) is 5.02 Å². The van der Waals surface area contributed by atoms with Crippen molar-refractivity contribution in [1.29, 1.82) is 0 Å². The van der Waals surface area contributed by atoms with E-state index in [9.17, 15) is 9.59 Å². The first-order chi connectivity index (χ1) is 9.47. The summed E-state index contributed by atoms with van der Waals surface area (Å²) in [6.45, 7) is 0. The van der Waals surface area contributed by atoms with Crippen LogP contribution in [0.25, 0.3) is 0 Å². The number of carbonyl (C=O) groups is 2. The maximum absolute atomic E-state index is 11.9. The molecule has 0 unspecified atom stereocenters. The number of carboxylic acid groups (broad SMARTS) is 1.